The Bertz CT molecular complexity index is 765. The first-order valence-electron chi connectivity index (χ1n) is 11.0. The molecule has 1 aromatic carbocycles. The molecule has 8 nitrogen and oxygen atoms in total. The summed E-state index contributed by atoms with van der Waals surface area (Å²) in [6.07, 6.45) is 4.68. The highest BCUT2D eigenvalue weighted by Crippen LogP contribution is 2.56. The van der Waals surface area contributed by atoms with E-state index in [1.54, 1.807) is 12.1 Å². The van der Waals surface area contributed by atoms with Crippen molar-refractivity contribution in [3.05, 3.63) is 29.3 Å². The van der Waals surface area contributed by atoms with Crippen molar-refractivity contribution in [3.8, 4) is 5.75 Å². The van der Waals surface area contributed by atoms with Gasteiger partial charge in [0.15, 0.2) is 6.29 Å². The SMILES string of the molecule is NCCNC1CCC(C2(C(=O)N[C@H]3Cc4cccc(C(O)O)c4OB3O)CC2)CC1. The third kappa shape index (κ3) is 4.22. The first-order valence-corrected chi connectivity index (χ1v) is 11.0. The second kappa shape index (κ2) is 8.84. The Balaban J connectivity index is 1.38. The van der Waals surface area contributed by atoms with Gasteiger partial charge in [-0.3, -0.25) is 4.79 Å². The Morgan fingerprint density at radius 2 is 2.00 bits per heavy atom. The molecule has 2 fully saturated rings. The van der Waals surface area contributed by atoms with E-state index in [1.807, 2.05) is 6.07 Å². The molecule has 1 amide bonds. The molecule has 164 valence electrons. The van der Waals surface area contributed by atoms with Crippen molar-refractivity contribution in [2.45, 2.75) is 63.2 Å². The van der Waals surface area contributed by atoms with Gasteiger partial charge < -0.3 is 36.3 Å². The Kier molecular flexibility index (Phi) is 6.36. The molecule has 7 N–H and O–H groups in total. The molecule has 2 aliphatic carbocycles. The van der Waals surface area contributed by atoms with Crippen molar-refractivity contribution in [1.82, 2.24) is 10.6 Å². The van der Waals surface area contributed by atoms with Gasteiger partial charge in [-0.2, -0.15) is 0 Å². The molecule has 2 saturated carbocycles. The van der Waals surface area contributed by atoms with Crippen LogP contribution in [0.25, 0.3) is 0 Å². The van der Waals surface area contributed by atoms with Crippen LogP contribution < -0.4 is 21.0 Å². The lowest BCUT2D eigenvalue weighted by Gasteiger charge is -2.35. The van der Waals surface area contributed by atoms with E-state index in [2.05, 4.69) is 10.6 Å². The Morgan fingerprint density at radius 1 is 1.27 bits per heavy atom. The average Bonchev–Trinajstić information content (AvgIpc) is 3.55. The number of hydrogen-bond donors (Lipinski definition) is 6. The fraction of sp³-hybridized carbons (Fsp3) is 0.667. The summed E-state index contributed by atoms with van der Waals surface area (Å²) in [4.78, 5) is 13.2. The Hall–Kier alpha value is -1.65. The molecule has 1 atom stereocenters. The van der Waals surface area contributed by atoms with E-state index in [9.17, 15) is 20.0 Å². The molecule has 0 spiro atoms. The minimum absolute atomic E-state index is 0.00955. The number of carbonyl (C=O) groups is 1. The van der Waals surface area contributed by atoms with E-state index >= 15 is 0 Å². The maximum absolute atomic E-state index is 13.2. The molecule has 4 rings (SSSR count). The number of fused-ring (bicyclic) bond motifs is 1. The standard InChI is InChI=1S/C21H32BN3O5/c23-10-11-24-15-6-4-14(5-7-15)21(8-9-21)20(28)25-17-12-13-2-1-3-16(19(26)27)18(13)30-22(17)29/h1-3,14-15,17,19,24,26-27,29H,4-12,23H2,(H,25,28)/t14?,15?,17-/m0/s1. The minimum atomic E-state index is -1.68. The molecule has 1 heterocycles. The number of carbonyl (C=O) groups excluding carboxylic acids is 1. The smallest absolute Gasteiger partial charge is 0.534 e. The van der Waals surface area contributed by atoms with Crippen molar-refractivity contribution < 1.29 is 24.7 Å². The second-order valence-electron chi connectivity index (χ2n) is 8.95. The first-order chi connectivity index (χ1) is 14.4. The Morgan fingerprint density at radius 3 is 2.63 bits per heavy atom. The summed E-state index contributed by atoms with van der Waals surface area (Å²) in [7, 11) is -1.23. The second-order valence-corrected chi connectivity index (χ2v) is 8.95. The highest BCUT2D eigenvalue weighted by molar-refractivity contribution is 6.46. The zero-order valence-corrected chi connectivity index (χ0v) is 17.2. The van der Waals surface area contributed by atoms with Crippen LogP contribution >= 0.6 is 0 Å². The number of hydrogen-bond acceptors (Lipinski definition) is 7. The monoisotopic (exact) mass is 417 g/mol. The van der Waals surface area contributed by atoms with E-state index in [-0.39, 0.29) is 22.6 Å². The normalized spacial score (nSPS) is 27.4. The number of amides is 1. The van der Waals surface area contributed by atoms with Crippen molar-refractivity contribution in [2.24, 2.45) is 17.1 Å². The molecule has 0 unspecified atom stereocenters. The van der Waals surface area contributed by atoms with E-state index in [0.29, 0.717) is 24.9 Å². The van der Waals surface area contributed by atoms with E-state index in [4.69, 9.17) is 10.4 Å². The van der Waals surface area contributed by atoms with Gasteiger partial charge in [0.25, 0.3) is 0 Å². The van der Waals surface area contributed by atoms with Crippen LogP contribution in [0, 0.1) is 11.3 Å². The Labute approximate surface area is 177 Å². The molecule has 0 radical (unpaired) electrons. The highest BCUT2D eigenvalue weighted by atomic mass is 16.5. The number of nitrogens with two attached hydrogens (primary N) is 1. The first kappa shape index (κ1) is 21.6. The quantitative estimate of drug-likeness (QED) is 0.271. The maximum atomic E-state index is 13.2. The van der Waals surface area contributed by atoms with Crippen LogP contribution in [0.15, 0.2) is 18.2 Å². The van der Waals surface area contributed by atoms with Gasteiger partial charge in [-0.25, -0.2) is 0 Å². The minimum Gasteiger partial charge on any atom is -0.534 e. The lowest BCUT2D eigenvalue weighted by atomic mass is 9.71. The van der Waals surface area contributed by atoms with Gasteiger partial charge in [-0.05, 0) is 56.4 Å². The predicted molar refractivity (Wildman–Crippen MR) is 112 cm³/mol. The van der Waals surface area contributed by atoms with E-state index in [1.165, 1.54) is 0 Å². The van der Waals surface area contributed by atoms with Crippen LogP contribution in [0.4, 0.5) is 0 Å². The molecule has 30 heavy (non-hydrogen) atoms. The number of aliphatic hydroxyl groups excluding tert-OH is 1. The van der Waals surface area contributed by atoms with Crippen molar-refractivity contribution in [1.29, 1.82) is 0 Å². The number of benzene rings is 1. The third-order valence-corrected chi connectivity index (χ3v) is 7.07. The van der Waals surface area contributed by atoms with Crippen LogP contribution in [-0.4, -0.2) is 53.3 Å². The van der Waals surface area contributed by atoms with Crippen molar-refractivity contribution in [2.75, 3.05) is 13.1 Å². The van der Waals surface area contributed by atoms with Gasteiger partial charge in [-0.1, -0.05) is 18.2 Å². The van der Waals surface area contributed by atoms with Crippen LogP contribution in [-0.2, 0) is 11.2 Å². The van der Waals surface area contributed by atoms with E-state index in [0.717, 1.165) is 50.6 Å². The zero-order valence-electron chi connectivity index (χ0n) is 17.2. The van der Waals surface area contributed by atoms with Gasteiger partial charge >= 0.3 is 7.12 Å². The van der Waals surface area contributed by atoms with E-state index < -0.39 is 19.3 Å². The predicted octanol–water partition coefficient (Wildman–Crippen LogP) is -0.00350. The van der Waals surface area contributed by atoms with Gasteiger partial charge in [-0.15, -0.1) is 0 Å². The molecule has 0 bridgehead atoms. The van der Waals surface area contributed by atoms with Gasteiger partial charge in [0.2, 0.25) is 5.91 Å². The van der Waals surface area contributed by atoms with Crippen LogP contribution in [0.3, 0.4) is 0 Å². The largest absolute Gasteiger partial charge is 0.547 e. The number of para-hydroxylation sites is 1. The summed E-state index contributed by atoms with van der Waals surface area (Å²) in [6, 6.07) is 5.57. The summed E-state index contributed by atoms with van der Waals surface area (Å²) in [6.45, 7) is 1.47. The summed E-state index contributed by atoms with van der Waals surface area (Å²) in [5.74, 6) is 0.111. The van der Waals surface area contributed by atoms with Gasteiger partial charge in [0, 0.05) is 24.7 Å². The summed E-state index contributed by atoms with van der Waals surface area (Å²) >= 11 is 0. The number of rotatable bonds is 7. The van der Waals surface area contributed by atoms with Gasteiger partial charge in [0.05, 0.1) is 11.4 Å². The fourth-order valence-electron chi connectivity index (χ4n) is 5.18. The van der Waals surface area contributed by atoms with Crippen LogP contribution in [0.1, 0.15) is 55.9 Å². The summed E-state index contributed by atoms with van der Waals surface area (Å²) < 4.78 is 5.57. The lowest BCUT2D eigenvalue weighted by Crippen LogP contribution is -2.55. The molecular formula is C21H32BN3O5. The van der Waals surface area contributed by atoms with Crippen molar-refractivity contribution in [3.63, 3.8) is 0 Å². The molecule has 1 aliphatic heterocycles. The molecule has 0 saturated heterocycles. The van der Waals surface area contributed by atoms with Gasteiger partial charge in [0.1, 0.15) is 5.75 Å². The maximum Gasteiger partial charge on any atom is 0.547 e. The molecule has 1 aromatic rings. The topological polar surface area (TPSA) is 137 Å². The third-order valence-electron chi connectivity index (χ3n) is 7.07. The summed E-state index contributed by atoms with van der Waals surface area (Å²) in [5.41, 5.74) is 6.22. The van der Waals surface area contributed by atoms with Crippen LogP contribution in [0.5, 0.6) is 5.75 Å². The number of nitrogens with one attached hydrogen (secondary N) is 2. The highest BCUT2D eigenvalue weighted by Gasteiger charge is 2.56. The lowest BCUT2D eigenvalue weighted by molar-refractivity contribution is -0.129. The van der Waals surface area contributed by atoms with Crippen molar-refractivity contribution >= 4 is 13.0 Å². The molecule has 9 heteroatoms. The number of aliphatic hydroxyl groups is 2. The van der Waals surface area contributed by atoms with Crippen LogP contribution in [0.2, 0.25) is 0 Å². The molecular weight excluding hydrogens is 385 g/mol. The fourth-order valence-corrected chi connectivity index (χ4v) is 5.18. The summed E-state index contributed by atoms with van der Waals surface area (Å²) in [5, 5.41) is 36.0. The molecule has 3 aliphatic rings. The molecule has 0 aromatic heterocycles. The average molecular weight is 417 g/mol. The zero-order chi connectivity index (χ0) is 21.3.